The highest BCUT2D eigenvalue weighted by molar-refractivity contribution is 5.95. The predicted molar refractivity (Wildman–Crippen MR) is 79.7 cm³/mol. The van der Waals surface area contributed by atoms with Crippen LogP contribution in [0, 0.1) is 5.82 Å². The Kier molecular flexibility index (Phi) is 5.54. The van der Waals surface area contributed by atoms with E-state index in [2.05, 4.69) is 9.93 Å². The fraction of sp³-hybridized carbons (Fsp3) is 0.235. The van der Waals surface area contributed by atoms with E-state index in [1.54, 1.807) is 6.92 Å². The Labute approximate surface area is 135 Å². The summed E-state index contributed by atoms with van der Waals surface area (Å²) in [6.07, 6.45) is -4.15. The van der Waals surface area contributed by atoms with E-state index in [-0.39, 0.29) is 11.1 Å². The zero-order chi connectivity index (χ0) is 17.7. The zero-order valence-electron chi connectivity index (χ0n) is 12.7. The van der Waals surface area contributed by atoms with Gasteiger partial charge in [-0.15, -0.1) is 0 Å². The number of aliphatic imine (C=N–C) groups is 1. The molecule has 128 valence electrons. The molecule has 24 heavy (non-hydrogen) atoms. The summed E-state index contributed by atoms with van der Waals surface area (Å²) < 4.78 is 64.9. The topological polar surface area (TPSA) is 21.6 Å². The summed E-state index contributed by atoms with van der Waals surface area (Å²) in [6, 6.07) is 8.47. The number of alkyl halides is 3. The second-order valence-corrected chi connectivity index (χ2v) is 5.01. The van der Waals surface area contributed by atoms with Gasteiger partial charge in [0, 0.05) is 10.1 Å². The molecule has 7 heteroatoms. The third-order valence-corrected chi connectivity index (χ3v) is 3.47. The summed E-state index contributed by atoms with van der Waals surface area (Å²) in [5.74, 6) is -0.986. The molecular formula is C17H14F5NO. The van der Waals surface area contributed by atoms with Gasteiger partial charge in [0.1, 0.15) is 5.82 Å². The number of rotatable bonds is 4. The van der Waals surface area contributed by atoms with Crippen molar-refractivity contribution in [2.24, 2.45) is 4.99 Å². The van der Waals surface area contributed by atoms with Crippen LogP contribution in [0.25, 0.3) is 0 Å². The normalized spacial score (nSPS) is 12.3. The Bertz CT molecular complexity index is 740. The van der Waals surface area contributed by atoms with Crippen molar-refractivity contribution in [2.45, 2.75) is 26.1 Å². The van der Waals surface area contributed by atoms with Gasteiger partial charge in [-0.1, -0.05) is 25.1 Å². The molecule has 2 rings (SSSR count). The highest BCUT2D eigenvalue weighted by Crippen LogP contribution is 2.32. The lowest BCUT2D eigenvalue weighted by Gasteiger charge is -2.12. The highest BCUT2D eigenvalue weighted by atomic mass is 19.4. The minimum atomic E-state index is -4.53. The molecule has 0 saturated carbocycles. The molecule has 0 aromatic heterocycles. The van der Waals surface area contributed by atoms with Gasteiger partial charge in [-0.2, -0.15) is 13.2 Å². The van der Waals surface area contributed by atoms with Gasteiger partial charge in [-0.25, -0.2) is 9.38 Å². The third-order valence-electron chi connectivity index (χ3n) is 3.47. The zero-order valence-corrected chi connectivity index (χ0v) is 12.7. The van der Waals surface area contributed by atoms with Gasteiger partial charge in [0.25, 0.3) is 5.90 Å². The average molecular weight is 343 g/mol. The molecule has 0 radical (unpaired) electrons. The molecule has 2 nitrogen and oxygen atoms in total. The van der Waals surface area contributed by atoms with Gasteiger partial charge in [0.05, 0.1) is 12.1 Å². The van der Waals surface area contributed by atoms with Crippen molar-refractivity contribution in [3.63, 3.8) is 0 Å². The molecule has 0 atom stereocenters. The first kappa shape index (κ1) is 17.9. The van der Waals surface area contributed by atoms with E-state index in [0.717, 1.165) is 12.1 Å². The molecule has 2 aromatic rings. The van der Waals surface area contributed by atoms with Crippen molar-refractivity contribution >= 4 is 5.90 Å². The van der Waals surface area contributed by atoms with Crippen molar-refractivity contribution in [1.82, 2.24) is 0 Å². The van der Waals surface area contributed by atoms with Gasteiger partial charge in [-0.3, -0.25) is 4.94 Å². The van der Waals surface area contributed by atoms with E-state index >= 15 is 0 Å². The van der Waals surface area contributed by atoms with Crippen LogP contribution >= 0.6 is 0 Å². The fourth-order valence-corrected chi connectivity index (χ4v) is 2.31. The molecular weight excluding hydrogens is 329 g/mol. The summed E-state index contributed by atoms with van der Waals surface area (Å²) >= 11 is 0. The first-order valence-electron chi connectivity index (χ1n) is 7.13. The van der Waals surface area contributed by atoms with Crippen LogP contribution in [-0.2, 0) is 24.1 Å². The molecule has 0 heterocycles. The summed E-state index contributed by atoms with van der Waals surface area (Å²) in [5.41, 5.74) is -0.317. The predicted octanol–water partition coefficient (Wildman–Crippen LogP) is 5.25. The van der Waals surface area contributed by atoms with Crippen LogP contribution in [0.5, 0.6) is 0 Å². The molecule has 0 aliphatic carbocycles. The van der Waals surface area contributed by atoms with E-state index in [1.165, 1.54) is 30.3 Å². The average Bonchev–Trinajstić information content (AvgIpc) is 2.55. The smallest absolute Gasteiger partial charge is 0.273 e. The molecule has 0 aliphatic heterocycles. The standard InChI is InChI=1S/C17H14F5NO/c1-2-11-9-13(18)7-8-14(11)16(24-22)23-10-12-5-3-4-6-15(12)17(19,20)21/h3-9H,2,10H2,1H3. The summed E-state index contributed by atoms with van der Waals surface area (Å²) in [4.78, 5) is 7.50. The lowest BCUT2D eigenvalue weighted by atomic mass is 10.0. The Morgan fingerprint density at radius 3 is 2.42 bits per heavy atom. The molecule has 0 saturated heterocycles. The Morgan fingerprint density at radius 2 is 1.79 bits per heavy atom. The van der Waals surface area contributed by atoms with Crippen LogP contribution in [0.1, 0.15) is 29.2 Å². The molecule has 0 fully saturated rings. The number of hydrogen-bond acceptors (Lipinski definition) is 2. The van der Waals surface area contributed by atoms with Crippen LogP contribution in [0.2, 0.25) is 0 Å². The maximum atomic E-state index is 13.2. The van der Waals surface area contributed by atoms with E-state index in [9.17, 15) is 22.1 Å². The number of hydrogen-bond donors (Lipinski definition) is 0. The van der Waals surface area contributed by atoms with E-state index in [0.29, 0.717) is 12.0 Å². The Hall–Kier alpha value is -2.44. The summed E-state index contributed by atoms with van der Waals surface area (Å²) in [6.45, 7) is 1.31. The van der Waals surface area contributed by atoms with Crippen molar-refractivity contribution in [3.8, 4) is 0 Å². The largest absolute Gasteiger partial charge is 0.416 e. The van der Waals surface area contributed by atoms with Gasteiger partial charge >= 0.3 is 6.18 Å². The van der Waals surface area contributed by atoms with Crippen LogP contribution in [-0.4, -0.2) is 5.90 Å². The minimum absolute atomic E-state index is 0.111. The Morgan fingerprint density at radius 1 is 1.08 bits per heavy atom. The lowest BCUT2D eigenvalue weighted by Crippen LogP contribution is -2.10. The molecule has 0 amide bonds. The van der Waals surface area contributed by atoms with E-state index < -0.39 is 30.0 Å². The molecule has 0 N–H and O–H groups in total. The van der Waals surface area contributed by atoms with Crippen molar-refractivity contribution < 1.29 is 27.0 Å². The van der Waals surface area contributed by atoms with Crippen LogP contribution in [0.15, 0.2) is 47.5 Å². The van der Waals surface area contributed by atoms with Crippen LogP contribution in [0.4, 0.5) is 22.1 Å². The molecule has 0 aliphatic rings. The monoisotopic (exact) mass is 343 g/mol. The van der Waals surface area contributed by atoms with E-state index in [4.69, 9.17) is 0 Å². The summed E-state index contributed by atoms with van der Waals surface area (Å²) in [7, 11) is 0. The minimum Gasteiger partial charge on any atom is -0.273 e. The molecule has 2 aromatic carbocycles. The number of aryl methyl sites for hydroxylation is 1. The molecule has 0 unspecified atom stereocenters. The quantitative estimate of drug-likeness (QED) is 0.422. The second-order valence-electron chi connectivity index (χ2n) is 5.01. The number of nitrogens with zero attached hydrogens (tertiary/aromatic N) is 1. The van der Waals surface area contributed by atoms with Crippen LogP contribution < -0.4 is 0 Å². The maximum absolute atomic E-state index is 13.2. The fourth-order valence-electron chi connectivity index (χ4n) is 2.31. The SMILES string of the molecule is CCc1cc(F)ccc1C(=NCc1ccccc1C(F)(F)F)OF. The summed E-state index contributed by atoms with van der Waals surface area (Å²) in [5, 5.41) is 0. The highest BCUT2D eigenvalue weighted by Gasteiger charge is 2.32. The third kappa shape index (κ3) is 4.10. The maximum Gasteiger partial charge on any atom is 0.416 e. The van der Waals surface area contributed by atoms with Gasteiger partial charge in [-0.05, 0) is 41.8 Å². The lowest BCUT2D eigenvalue weighted by molar-refractivity contribution is -0.138. The van der Waals surface area contributed by atoms with Gasteiger partial charge in [0.2, 0.25) is 0 Å². The van der Waals surface area contributed by atoms with Gasteiger partial charge < -0.3 is 0 Å². The number of benzene rings is 2. The first-order chi connectivity index (χ1) is 11.4. The van der Waals surface area contributed by atoms with Crippen molar-refractivity contribution in [3.05, 3.63) is 70.5 Å². The molecule has 0 bridgehead atoms. The van der Waals surface area contributed by atoms with Crippen LogP contribution in [0.3, 0.4) is 0 Å². The van der Waals surface area contributed by atoms with Crippen molar-refractivity contribution in [1.29, 1.82) is 0 Å². The molecule has 0 spiro atoms. The van der Waals surface area contributed by atoms with Gasteiger partial charge in [0.15, 0.2) is 0 Å². The second kappa shape index (κ2) is 7.42. The number of halogens is 5. The van der Waals surface area contributed by atoms with Crippen molar-refractivity contribution in [2.75, 3.05) is 0 Å². The Balaban J connectivity index is 2.37. The first-order valence-corrected chi connectivity index (χ1v) is 7.13. The van der Waals surface area contributed by atoms with E-state index in [1.807, 2.05) is 0 Å².